The maximum absolute atomic E-state index is 5.77. The van der Waals surface area contributed by atoms with Crippen LogP contribution in [0.1, 0.15) is 32.8 Å². The Morgan fingerprint density at radius 2 is 2.17 bits per heavy atom. The summed E-state index contributed by atoms with van der Waals surface area (Å²) in [6.07, 6.45) is 1.44. The molecule has 18 heavy (non-hydrogen) atoms. The van der Waals surface area contributed by atoms with Crippen LogP contribution in [0.25, 0.3) is 0 Å². The number of nitrogen functional groups attached to an aromatic ring is 1. The first-order chi connectivity index (χ1) is 8.45. The molecule has 0 spiro atoms. The minimum atomic E-state index is 0.184. The number of anilines is 2. The maximum atomic E-state index is 5.77. The summed E-state index contributed by atoms with van der Waals surface area (Å²) in [5.41, 5.74) is 9.15. The van der Waals surface area contributed by atoms with Crippen molar-refractivity contribution < 1.29 is 4.74 Å². The Hall–Kier alpha value is -1.22. The van der Waals surface area contributed by atoms with E-state index in [1.165, 1.54) is 11.3 Å². The summed E-state index contributed by atoms with van der Waals surface area (Å²) in [5.74, 6) is 0. The van der Waals surface area contributed by atoms with E-state index in [0.29, 0.717) is 12.1 Å². The molecule has 1 aliphatic rings. The summed E-state index contributed by atoms with van der Waals surface area (Å²) in [5, 5.41) is 3.62. The van der Waals surface area contributed by atoms with Gasteiger partial charge in [-0.05, 0) is 44.0 Å². The van der Waals surface area contributed by atoms with Crippen molar-refractivity contribution in [1.29, 1.82) is 0 Å². The van der Waals surface area contributed by atoms with Gasteiger partial charge in [0, 0.05) is 29.4 Å². The van der Waals surface area contributed by atoms with Crippen molar-refractivity contribution in [3.05, 3.63) is 23.8 Å². The highest BCUT2D eigenvalue weighted by Crippen LogP contribution is 2.44. The molecule has 0 radical (unpaired) electrons. The molecule has 2 atom stereocenters. The highest BCUT2D eigenvalue weighted by molar-refractivity contribution is 5.58. The van der Waals surface area contributed by atoms with Gasteiger partial charge in [-0.2, -0.15) is 0 Å². The zero-order valence-corrected chi connectivity index (χ0v) is 11.8. The Kier molecular flexibility index (Phi) is 3.53. The molecule has 1 aliphatic carbocycles. The van der Waals surface area contributed by atoms with Crippen LogP contribution < -0.4 is 11.1 Å². The molecular formula is C15H24N2O. The van der Waals surface area contributed by atoms with Crippen molar-refractivity contribution in [3.63, 3.8) is 0 Å². The molecule has 0 heterocycles. The largest absolute Gasteiger partial charge is 0.399 e. The predicted molar refractivity (Wildman–Crippen MR) is 76.8 cm³/mol. The van der Waals surface area contributed by atoms with Gasteiger partial charge in [0.1, 0.15) is 0 Å². The van der Waals surface area contributed by atoms with Crippen molar-refractivity contribution in [2.45, 2.75) is 46.3 Å². The van der Waals surface area contributed by atoms with Crippen molar-refractivity contribution in [2.75, 3.05) is 17.7 Å². The first-order valence-corrected chi connectivity index (χ1v) is 6.69. The third kappa shape index (κ3) is 2.32. The third-order valence-electron chi connectivity index (χ3n) is 4.13. The molecule has 1 aromatic carbocycles. The van der Waals surface area contributed by atoms with E-state index in [9.17, 15) is 0 Å². The normalized spacial score (nSPS) is 25.6. The quantitative estimate of drug-likeness (QED) is 0.804. The smallest absolute Gasteiger partial charge is 0.0665 e. The lowest BCUT2D eigenvalue weighted by atomic mass is 9.64. The summed E-state index contributed by atoms with van der Waals surface area (Å²) in [6.45, 7) is 9.47. The van der Waals surface area contributed by atoms with Gasteiger partial charge in [0.05, 0.1) is 6.10 Å². The summed E-state index contributed by atoms with van der Waals surface area (Å²) in [6, 6.07) is 6.49. The topological polar surface area (TPSA) is 47.3 Å². The Bertz CT molecular complexity index is 429. The van der Waals surface area contributed by atoms with E-state index < -0.39 is 0 Å². The Morgan fingerprint density at radius 3 is 2.72 bits per heavy atom. The highest BCUT2D eigenvalue weighted by Gasteiger charge is 2.48. The van der Waals surface area contributed by atoms with Crippen LogP contribution in [0, 0.1) is 12.3 Å². The third-order valence-corrected chi connectivity index (χ3v) is 4.13. The van der Waals surface area contributed by atoms with E-state index in [0.717, 1.165) is 18.7 Å². The molecule has 2 unspecified atom stereocenters. The number of aryl methyl sites for hydroxylation is 1. The van der Waals surface area contributed by atoms with Gasteiger partial charge >= 0.3 is 0 Å². The monoisotopic (exact) mass is 248 g/mol. The van der Waals surface area contributed by atoms with Crippen molar-refractivity contribution in [3.8, 4) is 0 Å². The fourth-order valence-corrected chi connectivity index (χ4v) is 2.65. The van der Waals surface area contributed by atoms with Crippen LogP contribution in [-0.4, -0.2) is 18.8 Å². The van der Waals surface area contributed by atoms with Crippen LogP contribution in [0.2, 0.25) is 0 Å². The molecule has 0 aromatic heterocycles. The van der Waals surface area contributed by atoms with Gasteiger partial charge in [0.15, 0.2) is 0 Å². The van der Waals surface area contributed by atoms with Gasteiger partial charge in [0.25, 0.3) is 0 Å². The van der Waals surface area contributed by atoms with E-state index in [4.69, 9.17) is 10.5 Å². The number of nitrogens with two attached hydrogens (primary N) is 1. The van der Waals surface area contributed by atoms with Crippen LogP contribution in [0.15, 0.2) is 18.2 Å². The summed E-state index contributed by atoms with van der Waals surface area (Å²) < 4.78 is 5.75. The summed E-state index contributed by atoms with van der Waals surface area (Å²) >= 11 is 0. The molecule has 1 saturated carbocycles. The fourth-order valence-electron chi connectivity index (χ4n) is 2.65. The number of rotatable bonds is 4. The van der Waals surface area contributed by atoms with Gasteiger partial charge in [-0.3, -0.25) is 0 Å². The van der Waals surface area contributed by atoms with E-state index in [1.807, 2.05) is 12.1 Å². The second kappa shape index (κ2) is 4.81. The van der Waals surface area contributed by atoms with Crippen LogP contribution in [0.3, 0.4) is 0 Å². The Morgan fingerprint density at radius 1 is 1.44 bits per heavy atom. The van der Waals surface area contributed by atoms with Gasteiger partial charge in [-0.1, -0.05) is 13.8 Å². The van der Waals surface area contributed by atoms with E-state index in [1.54, 1.807) is 0 Å². The van der Waals surface area contributed by atoms with Gasteiger partial charge in [-0.15, -0.1) is 0 Å². The number of nitrogens with one attached hydrogen (secondary N) is 1. The molecule has 0 bridgehead atoms. The molecule has 1 aromatic rings. The maximum Gasteiger partial charge on any atom is 0.0665 e. The lowest BCUT2D eigenvalue weighted by molar-refractivity contribution is -0.0976. The average molecular weight is 248 g/mol. The second-order valence-electron chi connectivity index (χ2n) is 5.77. The molecule has 2 rings (SSSR count). The Balaban J connectivity index is 2.03. The zero-order chi connectivity index (χ0) is 13.3. The van der Waals surface area contributed by atoms with Gasteiger partial charge < -0.3 is 15.8 Å². The molecule has 100 valence electrons. The molecule has 0 saturated heterocycles. The SMILES string of the molecule is CCOC1CC(Nc2ccc(N)cc2C)C1(C)C. The van der Waals surface area contributed by atoms with Crippen LogP contribution in [-0.2, 0) is 4.74 Å². The minimum Gasteiger partial charge on any atom is -0.399 e. The lowest BCUT2D eigenvalue weighted by Gasteiger charge is -2.52. The van der Waals surface area contributed by atoms with Crippen LogP contribution in [0.4, 0.5) is 11.4 Å². The minimum absolute atomic E-state index is 0.184. The number of ether oxygens (including phenoxy) is 1. The highest BCUT2D eigenvalue weighted by atomic mass is 16.5. The molecule has 3 heteroatoms. The predicted octanol–water partition coefficient (Wildman–Crippen LogP) is 3.19. The molecule has 0 aliphatic heterocycles. The van der Waals surface area contributed by atoms with E-state index >= 15 is 0 Å². The summed E-state index contributed by atoms with van der Waals surface area (Å²) in [7, 11) is 0. The number of benzene rings is 1. The van der Waals surface area contributed by atoms with Gasteiger partial charge in [0.2, 0.25) is 0 Å². The lowest BCUT2D eigenvalue weighted by Crippen LogP contribution is -2.58. The van der Waals surface area contributed by atoms with Crippen LogP contribution >= 0.6 is 0 Å². The average Bonchev–Trinajstić information content (AvgIpc) is 2.30. The van der Waals surface area contributed by atoms with E-state index in [-0.39, 0.29) is 5.41 Å². The summed E-state index contributed by atoms with van der Waals surface area (Å²) in [4.78, 5) is 0. The fraction of sp³-hybridized carbons (Fsp3) is 0.600. The van der Waals surface area contributed by atoms with E-state index in [2.05, 4.69) is 39.1 Å². The second-order valence-corrected chi connectivity index (χ2v) is 5.77. The zero-order valence-electron chi connectivity index (χ0n) is 11.8. The molecule has 0 amide bonds. The first kappa shape index (κ1) is 13.2. The molecule has 1 fully saturated rings. The van der Waals surface area contributed by atoms with Crippen molar-refractivity contribution >= 4 is 11.4 Å². The molecule has 3 nitrogen and oxygen atoms in total. The van der Waals surface area contributed by atoms with Gasteiger partial charge in [-0.25, -0.2) is 0 Å². The molecular weight excluding hydrogens is 224 g/mol. The molecule has 3 N–H and O–H groups in total. The van der Waals surface area contributed by atoms with Crippen molar-refractivity contribution in [1.82, 2.24) is 0 Å². The van der Waals surface area contributed by atoms with Crippen LogP contribution in [0.5, 0.6) is 0 Å². The Labute approximate surface area is 110 Å². The standard InChI is InChI=1S/C15H24N2O/c1-5-18-14-9-13(15(14,3)4)17-12-7-6-11(16)8-10(12)2/h6-8,13-14,17H,5,9,16H2,1-4H3. The number of hydrogen-bond acceptors (Lipinski definition) is 3. The number of hydrogen-bond donors (Lipinski definition) is 2. The first-order valence-electron chi connectivity index (χ1n) is 6.69. The van der Waals surface area contributed by atoms with Crippen molar-refractivity contribution in [2.24, 2.45) is 5.41 Å².